The van der Waals surface area contributed by atoms with E-state index in [0.29, 0.717) is 52.2 Å². The monoisotopic (exact) mass is 802 g/mol. The number of likely N-dealkylation sites (tertiary alicyclic amines) is 1. The van der Waals surface area contributed by atoms with Crippen molar-refractivity contribution in [2.75, 3.05) is 47.1 Å². The number of nitrogens with one attached hydrogen (secondary N) is 1. The van der Waals surface area contributed by atoms with Crippen LogP contribution >= 0.6 is 8.53 Å². The van der Waals surface area contributed by atoms with Gasteiger partial charge >= 0.3 is 0 Å². The summed E-state index contributed by atoms with van der Waals surface area (Å²) in [7, 11) is 2.04. The highest BCUT2D eigenvalue weighted by Gasteiger charge is 2.38. The third-order valence-corrected chi connectivity index (χ3v) is 12.2. The minimum atomic E-state index is -1.27. The van der Waals surface area contributed by atoms with Crippen LogP contribution < -0.4 is 14.8 Å². The SMILES string of the molecule is COc1ccc(C(OCCCCNC(=O)C2CCCN2C(=O)CCCCCOP(OCCC#N)N(C(C)C)C(C)C)(c2ccccc2)c2ccc(OC)cc2)cc1. The van der Waals surface area contributed by atoms with Gasteiger partial charge < -0.3 is 33.5 Å². The number of benzene rings is 3. The zero-order valence-corrected chi connectivity index (χ0v) is 35.7. The van der Waals surface area contributed by atoms with Crippen LogP contribution in [0.25, 0.3) is 0 Å². The summed E-state index contributed by atoms with van der Waals surface area (Å²) >= 11 is 0. The van der Waals surface area contributed by atoms with Gasteiger partial charge in [0.2, 0.25) is 11.8 Å². The fourth-order valence-electron chi connectivity index (χ4n) is 7.35. The molecule has 57 heavy (non-hydrogen) atoms. The lowest BCUT2D eigenvalue weighted by atomic mass is 9.80. The van der Waals surface area contributed by atoms with Gasteiger partial charge in [0, 0.05) is 38.2 Å². The number of carbonyl (C=O) groups is 2. The Morgan fingerprint density at radius 3 is 1.96 bits per heavy atom. The largest absolute Gasteiger partial charge is 0.497 e. The summed E-state index contributed by atoms with van der Waals surface area (Å²) in [6, 6.07) is 28.4. The van der Waals surface area contributed by atoms with Crippen molar-refractivity contribution in [1.82, 2.24) is 14.9 Å². The zero-order valence-electron chi connectivity index (χ0n) is 34.8. The predicted molar refractivity (Wildman–Crippen MR) is 225 cm³/mol. The van der Waals surface area contributed by atoms with Crippen LogP contribution in [-0.4, -0.2) is 86.6 Å². The number of unbranched alkanes of at least 4 members (excludes halogenated alkanes) is 3. The van der Waals surface area contributed by atoms with Crippen molar-refractivity contribution in [3.8, 4) is 17.6 Å². The highest BCUT2D eigenvalue weighted by atomic mass is 31.2. The normalized spacial score (nSPS) is 14.9. The number of nitrogens with zero attached hydrogens (tertiary/aromatic N) is 3. The highest BCUT2D eigenvalue weighted by Crippen LogP contribution is 2.46. The molecule has 1 heterocycles. The van der Waals surface area contributed by atoms with Crippen LogP contribution in [0.1, 0.15) is 102 Å². The Kier molecular flexibility index (Phi) is 19.2. The lowest BCUT2D eigenvalue weighted by molar-refractivity contribution is -0.138. The average Bonchev–Trinajstić information content (AvgIpc) is 3.73. The van der Waals surface area contributed by atoms with Gasteiger partial charge in [-0.15, -0.1) is 0 Å². The van der Waals surface area contributed by atoms with E-state index in [2.05, 4.69) is 55.9 Å². The van der Waals surface area contributed by atoms with E-state index in [1.807, 2.05) is 66.7 Å². The minimum Gasteiger partial charge on any atom is -0.497 e. The molecule has 1 N–H and O–H groups in total. The van der Waals surface area contributed by atoms with Crippen molar-refractivity contribution in [1.29, 1.82) is 5.26 Å². The first-order chi connectivity index (χ1) is 27.7. The molecular weight excluding hydrogens is 739 g/mol. The van der Waals surface area contributed by atoms with Gasteiger partial charge in [-0.25, -0.2) is 4.67 Å². The lowest BCUT2D eigenvalue weighted by Crippen LogP contribution is -2.46. The van der Waals surface area contributed by atoms with Crippen molar-refractivity contribution in [2.24, 2.45) is 0 Å². The Labute approximate surface area is 341 Å². The van der Waals surface area contributed by atoms with Gasteiger partial charge in [-0.1, -0.05) is 61.0 Å². The quantitative estimate of drug-likeness (QED) is 0.0509. The zero-order chi connectivity index (χ0) is 41.0. The van der Waals surface area contributed by atoms with Crippen molar-refractivity contribution in [2.45, 2.75) is 109 Å². The maximum atomic E-state index is 13.3. The Hall–Kier alpha value is -4.04. The second-order valence-electron chi connectivity index (χ2n) is 14.8. The summed E-state index contributed by atoms with van der Waals surface area (Å²) in [5, 5.41) is 12.0. The Morgan fingerprint density at radius 2 is 1.39 bits per heavy atom. The third kappa shape index (κ3) is 13.0. The van der Waals surface area contributed by atoms with Gasteiger partial charge in [0.1, 0.15) is 23.1 Å². The molecule has 3 aromatic rings. The third-order valence-electron chi connectivity index (χ3n) is 10.1. The van der Waals surface area contributed by atoms with Crippen LogP contribution in [0.15, 0.2) is 78.9 Å². The van der Waals surface area contributed by atoms with Gasteiger partial charge in [-0.05, 0) is 107 Å². The molecule has 2 atom stereocenters. The summed E-state index contributed by atoms with van der Waals surface area (Å²) in [6.07, 6.45) is 6.05. The van der Waals surface area contributed by atoms with Crippen molar-refractivity contribution < 1.29 is 32.8 Å². The van der Waals surface area contributed by atoms with E-state index in [1.165, 1.54) is 0 Å². The number of carbonyl (C=O) groups excluding carboxylic acids is 2. The maximum Gasteiger partial charge on any atom is 0.259 e. The number of hydrogen-bond donors (Lipinski definition) is 1. The molecule has 3 aromatic carbocycles. The number of methoxy groups -OCH3 is 2. The van der Waals surface area contributed by atoms with E-state index in [4.69, 9.17) is 28.5 Å². The fourth-order valence-corrected chi connectivity index (χ4v) is 8.98. The predicted octanol–water partition coefficient (Wildman–Crippen LogP) is 8.75. The van der Waals surface area contributed by atoms with Crippen molar-refractivity contribution in [3.05, 3.63) is 95.6 Å². The maximum absolute atomic E-state index is 13.3. The van der Waals surface area contributed by atoms with Gasteiger partial charge in [-0.2, -0.15) is 5.26 Å². The molecule has 2 unspecified atom stereocenters. The summed E-state index contributed by atoms with van der Waals surface area (Å²) in [5.41, 5.74) is 2.05. The summed E-state index contributed by atoms with van der Waals surface area (Å²) in [5.74, 6) is 1.47. The number of rotatable bonds is 25. The van der Waals surface area contributed by atoms with Gasteiger partial charge in [0.15, 0.2) is 0 Å². The lowest BCUT2D eigenvalue weighted by Gasteiger charge is -2.36. The first-order valence-electron chi connectivity index (χ1n) is 20.4. The molecular formula is C45H63N4O7P. The van der Waals surface area contributed by atoms with Gasteiger partial charge in [0.05, 0.1) is 39.9 Å². The van der Waals surface area contributed by atoms with E-state index < -0.39 is 20.2 Å². The first kappa shape index (κ1) is 45.7. The van der Waals surface area contributed by atoms with Gasteiger partial charge in [0.25, 0.3) is 8.53 Å². The first-order valence-corrected chi connectivity index (χ1v) is 21.6. The number of amides is 2. The molecule has 310 valence electrons. The van der Waals surface area contributed by atoms with Crippen LogP contribution in [0, 0.1) is 11.3 Å². The molecule has 0 radical (unpaired) electrons. The number of hydrogen-bond acceptors (Lipinski definition) is 9. The molecule has 1 aliphatic rings. The van der Waals surface area contributed by atoms with E-state index in [9.17, 15) is 9.59 Å². The van der Waals surface area contributed by atoms with Crippen LogP contribution in [0.3, 0.4) is 0 Å². The summed E-state index contributed by atoms with van der Waals surface area (Å²) in [4.78, 5) is 28.3. The van der Waals surface area contributed by atoms with Crippen LogP contribution in [-0.2, 0) is 29.0 Å². The summed E-state index contributed by atoms with van der Waals surface area (Å²) < 4.78 is 32.2. The topological polar surface area (TPSA) is 123 Å². The van der Waals surface area contributed by atoms with E-state index in [1.54, 1.807) is 19.1 Å². The van der Waals surface area contributed by atoms with Crippen LogP contribution in [0.4, 0.5) is 0 Å². The van der Waals surface area contributed by atoms with Gasteiger partial charge in [-0.3, -0.25) is 9.59 Å². The minimum absolute atomic E-state index is 0.0316. The fraction of sp³-hybridized carbons (Fsp3) is 0.533. The van der Waals surface area contributed by atoms with Crippen molar-refractivity contribution in [3.63, 3.8) is 0 Å². The van der Waals surface area contributed by atoms with E-state index in [0.717, 1.165) is 66.7 Å². The molecule has 0 aromatic heterocycles. The Morgan fingerprint density at radius 1 is 0.807 bits per heavy atom. The molecule has 0 aliphatic carbocycles. The molecule has 0 bridgehead atoms. The highest BCUT2D eigenvalue weighted by molar-refractivity contribution is 7.44. The Balaban J connectivity index is 1.26. The van der Waals surface area contributed by atoms with Crippen LogP contribution in [0.2, 0.25) is 0 Å². The smallest absolute Gasteiger partial charge is 0.259 e. The number of nitriles is 1. The average molecular weight is 803 g/mol. The molecule has 1 fully saturated rings. The molecule has 0 saturated carbocycles. The summed E-state index contributed by atoms with van der Waals surface area (Å²) in [6.45, 7) is 10.9. The molecule has 1 aliphatic heterocycles. The molecule has 11 nitrogen and oxygen atoms in total. The van der Waals surface area contributed by atoms with E-state index >= 15 is 0 Å². The molecule has 4 rings (SSSR count). The molecule has 0 spiro atoms. The second-order valence-corrected chi connectivity index (χ2v) is 16.2. The standard InChI is InChI=1S/C45H63N4O7P/c1-35(2)49(36(3)4)57(56-34-16-29-46)55-33-13-8-11-20-43(50)48-31-15-19-42(48)44(51)47-30-12-14-32-54-45(37-17-9-7-10-18-37,38-21-25-40(52-5)26-22-38)39-23-27-41(53-6)28-24-39/h7,9-10,17-18,21-28,35-36,42H,8,11-16,19-20,30-34H2,1-6H3,(H,47,51). The number of ether oxygens (including phenoxy) is 3. The van der Waals surface area contributed by atoms with Crippen molar-refractivity contribution >= 4 is 20.3 Å². The molecule has 12 heteroatoms. The second kappa shape index (κ2) is 24.0. The molecule has 1 saturated heterocycles. The van der Waals surface area contributed by atoms with E-state index in [-0.39, 0.29) is 23.9 Å². The molecule has 2 amide bonds. The Bertz CT molecular complexity index is 1610. The van der Waals surface area contributed by atoms with Crippen LogP contribution in [0.5, 0.6) is 11.5 Å².